The summed E-state index contributed by atoms with van der Waals surface area (Å²) in [6, 6.07) is 14.9. The second-order valence-electron chi connectivity index (χ2n) is 5.71. The number of rotatable bonds is 6. The number of halogens is 1. The highest BCUT2D eigenvalue weighted by Crippen LogP contribution is 2.21. The molecule has 2 aromatic carbocycles. The summed E-state index contributed by atoms with van der Waals surface area (Å²) in [6.07, 6.45) is 2.08. The van der Waals surface area contributed by atoms with Crippen LogP contribution in [0.15, 0.2) is 53.0 Å². The molecule has 0 bridgehead atoms. The zero-order chi connectivity index (χ0) is 16.9. The summed E-state index contributed by atoms with van der Waals surface area (Å²) in [5.41, 5.74) is 1.93. The van der Waals surface area contributed by atoms with Crippen molar-refractivity contribution in [1.82, 2.24) is 5.32 Å². The Bertz CT molecular complexity index is 759. The Morgan fingerprint density at radius 3 is 2.62 bits per heavy atom. The van der Waals surface area contributed by atoms with Gasteiger partial charge in [0.15, 0.2) is 0 Å². The van der Waals surface area contributed by atoms with Gasteiger partial charge in [0.1, 0.15) is 0 Å². The lowest BCUT2D eigenvalue weighted by atomic mass is 10.1. The monoisotopic (exact) mass is 387 g/mol. The van der Waals surface area contributed by atoms with Crippen LogP contribution in [0.25, 0.3) is 0 Å². The average Bonchev–Trinajstić information content (AvgIpc) is 3.37. The summed E-state index contributed by atoms with van der Waals surface area (Å²) >= 11 is 3.37. The molecule has 3 rings (SSSR count). The van der Waals surface area contributed by atoms with E-state index in [-0.39, 0.29) is 18.4 Å². The van der Waals surface area contributed by atoms with E-state index in [0.717, 1.165) is 23.0 Å². The number of amides is 2. The average molecular weight is 388 g/mol. The standard InChI is InChI=1S/C18H18BrN3O2/c19-12-4-3-5-14(10-12)21-17(23)11-20-16-7-2-1-6-15(16)18(24)22-13-8-9-13/h1-7,10,13,20H,8-9,11H2,(H,21,23)(H,22,24). The minimum atomic E-state index is -0.175. The first-order chi connectivity index (χ1) is 11.6. The zero-order valence-corrected chi connectivity index (χ0v) is 14.6. The molecule has 0 radical (unpaired) electrons. The van der Waals surface area contributed by atoms with Gasteiger partial charge in [-0.15, -0.1) is 0 Å². The van der Waals surface area contributed by atoms with E-state index in [1.807, 2.05) is 36.4 Å². The van der Waals surface area contributed by atoms with Crippen molar-refractivity contribution >= 4 is 39.1 Å². The number of anilines is 2. The normalized spacial score (nSPS) is 13.2. The van der Waals surface area contributed by atoms with Gasteiger partial charge >= 0.3 is 0 Å². The van der Waals surface area contributed by atoms with Crippen LogP contribution in [0.5, 0.6) is 0 Å². The number of nitrogens with one attached hydrogen (secondary N) is 3. The van der Waals surface area contributed by atoms with E-state index in [2.05, 4.69) is 31.9 Å². The van der Waals surface area contributed by atoms with Gasteiger partial charge in [0, 0.05) is 21.9 Å². The van der Waals surface area contributed by atoms with Crippen molar-refractivity contribution in [3.63, 3.8) is 0 Å². The maximum Gasteiger partial charge on any atom is 0.253 e. The quantitative estimate of drug-likeness (QED) is 0.711. The van der Waals surface area contributed by atoms with Crippen LogP contribution < -0.4 is 16.0 Å². The number of hydrogen-bond acceptors (Lipinski definition) is 3. The minimum absolute atomic E-state index is 0.0836. The summed E-state index contributed by atoms with van der Waals surface area (Å²) in [7, 11) is 0. The van der Waals surface area contributed by atoms with Gasteiger partial charge in [-0.1, -0.05) is 34.1 Å². The lowest BCUT2D eigenvalue weighted by molar-refractivity contribution is -0.114. The molecule has 0 heterocycles. The Balaban J connectivity index is 1.59. The lowest BCUT2D eigenvalue weighted by Crippen LogP contribution is -2.27. The van der Waals surface area contributed by atoms with Crippen molar-refractivity contribution in [1.29, 1.82) is 0 Å². The van der Waals surface area contributed by atoms with E-state index in [9.17, 15) is 9.59 Å². The van der Waals surface area contributed by atoms with Crippen LogP contribution in [-0.2, 0) is 4.79 Å². The van der Waals surface area contributed by atoms with Gasteiger partial charge < -0.3 is 16.0 Å². The van der Waals surface area contributed by atoms with Crippen LogP contribution in [-0.4, -0.2) is 24.4 Å². The highest BCUT2D eigenvalue weighted by atomic mass is 79.9. The summed E-state index contributed by atoms with van der Waals surface area (Å²) in [5, 5.41) is 8.81. The zero-order valence-electron chi connectivity index (χ0n) is 13.0. The van der Waals surface area contributed by atoms with Gasteiger partial charge in [0.2, 0.25) is 5.91 Å². The van der Waals surface area contributed by atoms with Crippen LogP contribution in [0, 0.1) is 0 Å². The van der Waals surface area contributed by atoms with Crippen LogP contribution in [0.4, 0.5) is 11.4 Å². The predicted octanol–water partition coefficient (Wildman–Crippen LogP) is 3.39. The molecule has 3 N–H and O–H groups in total. The molecule has 5 nitrogen and oxygen atoms in total. The van der Waals surface area contributed by atoms with Crippen LogP contribution in [0.1, 0.15) is 23.2 Å². The predicted molar refractivity (Wildman–Crippen MR) is 98.2 cm³/mol. The number of carbonyl (C=O) groups excluding carboxylic acids is 2. The smallest absolute Gasteiger partial charge is 0.253 e. The number of carbonyl (C=O) groups is 2. The SMILES string of the molecule is O=C(CNc1ccccc1C(=O)NC1CC1)Nc1cccc(Br)c1. The topological polar surface area (TPSA) is 70.2 Å². The third-order valence-corrected chi connectivity index (χ3v) is 4.13. The van der Waals surface area contributed by atoms with Crippen molar-refractivity contribution in [2.24, 2.45) is 0 Å². The van der Waals surface area contributed by atoms with Crippen molar-refractivity contribution in [3.05, 3.63) is 58.6 Å². The molecule has 1 aliphatic carbocycles. The molecular weight excluding hydrogens is 370 g/mol. The van der Waals surface area contributed by atoms with Gasteiger partial charge in [0.05, 0.1) is 12.1 Å². The van der Waals surface area contributed by atoms with E-state index in [1.165, 1.54) is 0 Å². The van der Waals surface area contributed by atoms with Crippen LogP contribution in [0.3, 0.4) is 0 Å². The first-order valence-corrected chi connectivity index (χ1v) is 8.60. The molecule has 0 aromatic heterocycles. The molecule has 124 valence electrons. The van der Waals surface area contributed by atoms with Crippen molar-refractivity contribution in [3.8, 4) is 0 Å². The Morgan fingerprint density at radius 2 is 1.88 bits per heavy atom. The summed E-state index contributed by atoms with van der Waals surface area (Å²) in [6.45, 7) is 0.0836. The molecule has 1 fully saturated rings. The summed E-state index contributed by atoms with van der Waals surface area (Å²) < 4.78 is 0.898. The Kier molecular flexibility index (Phi) is 5.15. The van der Waals surface area contributed by atoms with Crippen molar-refractivity contribution in [2.45, 2.75) is 18.9 Å². The van der Waals surface area contributed by atoms with Crippen LogP contribution in [0.2, 0.25) is 0 Å². The van der Waals surface area contributed by atoms with Gasteiger partial charge in [0.25, 0.3) is 5.91 Å². The molecule has 0 atom stereocenters. The highest BCUT2D eigenvalue weighted by molar-refractivity contribution is 9.10. The minimum Gasteiger partial charge on any atom is -0.376 e. The van der Waals surface area contributed by atoms with E-state index >= 15 is 0 Å². The molecule has 2 aromatic rings. The number of hydrogen-bond donors (Lipinski definition) is 3. The summed E-state index contributed by atoms with van der Waals surface area (Å²) in [4.78, 5) is 24.3. The van der Waals surface area contributed by atoms with Gasteiger partial charge in [-0.05, 0) is 43.2 Å². The van der Waals surface area contributed by atoms with Gasteiger partial charge in [-0.25, -0.2) is 0 Å². The fourth-order valence-electron chi connectivity index (χ4n) is 2.27. The first-order valence-electron chi connectivity index (χ1n) is 7.81. The molecular formula is C18H18BrN3O2. The molecule has 1 aliphatic rings. The third-order valence-electron chi connectivity index (χ3n) is 3.63. The molecule has 24 heavy (non-hydrogen) atoms. The third kappa shape index (κ3) is 4.58. The largest absolute Gasteiger partial charge is 0.376 e. The van der Waals surface area contributed by atoms with Gasteiger partial charge in [-0.3, -0.25) is 9.59 Å². The maximum absolute atomic E-state index is 12.2. The Labute approximate surface area is 149 Å². The van der Waals surface area contributed by atoms with E-state index in [0.29, 0.717) is 17.3 Å². The lowest BCUT2D eigenvalue weighted by Gasteiger charge is -2.12. The molecule has 0 saturated heterocycles. The fourth-order valence-corrected chi connectivity index (χ4v) is 2.67. The van der Waals surface area contributed by atoms with E-state index < -0.39 is 0 Å². The molecule has 1 saturated carbocycles. The number of benzene rings is 2. The van der Waals surface area contributed by atoms with Crippen LogP contribution >= 0.6 is 15.9 Å². The van der Waals surface area contributed by atoms with Crippen molar-refractivity contribution in [2.75, 3.05) is 17.2 Å². The maximum atomic E-state index is 12.2. The van der Waals surface area contributed by atoms with Crippen molar-refractivity contribution < 1.29 is 9.59 Å². The molecule has 2 amide bonds. The molecule has 6 heteroatoms. The second kappa shape index (κ2) is 7.49. The Hall–Kier alpha value is -2.34. The van der Waals surface area contributed by atoms with E-state index in [1.54, 1.807) is 12.1 Å². The fraction of sp³-hybridized carbons (Fsp3) is 0.222. The highest BCUT2D eigenvalue weighted by Gasteiger charge is 2.24. The summed E-state index contributed by atoms with van der Waals surface area (Å²) in [5.74, 6) is -0.279. The number of para-hydroxylation sites is 1. The molecule has 0 unspecified atom stereocenters. The molecule has 0 spiro atoms. The second-order valence-corrected chi connectivity index (χ2v) is 6.62. The molecule has 0 aliphatic heterocycles. The van der Waals surface area contributed by atoms with Gasteiger partial charge in [-0.2, -0.15) is 0 Å². The Morgan fingerprint density at radius 1 is 1.08 bits per heavy atom. The van der Waals surface area contributed by atoms with E-state index in [4.69, 9.17) is 0 Å². The first kappa shape index (κ1) is 16.5.